The third-order valence-corrected chi connectivity index (χ3v) is 4.56. The van der Waals surface area contributed by atoms with E-state index in [1.807, 2.05) is 24.3 Å². The van der Waals surface area contributed by atoms with Crippen molar-refractivity contribution in [3.63, 3.8) is 0 Å². The van der Waals surface area contributed by atoms with Crippen LogP contribution in [0.5, 0.6) is 11.5 Å². The van der Waals surface area contributed by atoms with Crippen LogP contribution in [-0.2, 0) is 0 Å². The molecule has 24 heavy (non-hydrogen) atoms. The second kappa shape index (κ2) is 7.38. The van der Waals surface area contributed by atoms with Gasteiger partial charge in [-0.05, 0) is 55.9 Å². The van der Waals surface area contributed by atoms with E-state index < -0.39 is 6.09 Å². The third-order valence-electron chi connectivity index (χ3n) is 4.56. The number of aromatic nitrogens is 1. The lowest BCUT2D eigenvalue weighted by Crippen LogP contribution is -2.37. The monoisotopic (exact) mass is 330 g/mol. The quantitative estimate of drug-likeness (QED) is 0.877. The SMILES string of the molecule is COc1ccc2nccc(OCC3CCC(NC(=O)O)CC3)c2c1. The first-order chi connectivity index (χ1) is 11.7. The van der Waals surface area contributed by atoms with Gasteiger partial charge in [0.2, 0.25) is 0 Å². The Kier molecular flexibility index (Phi) is 5.03. The van der Waals surface area contributed by atoms with E-state index in [-0.39, 0.29) is 6.04 Å². The van der Waals surface area contributed by atoms with Crippen molar-refractivity contribution in [2.45, 2.75) is 31.7 Å². The molecule has 1 saturated carbocycles. The minimum Gasteiger partial charge on any atom is -0.497 e. The fourth-order valence-electron chi connectivity index (χ4n) is 3.21. The lowest BCUT2D eigenvalue weighted by Gasteiger charge is -2.28. The Morgan fingerprint density at radius 1 is 1.29 bits per heavy atom. The average Bonchev–Trinajstić information content (AvgIpc) is 2.60. The Morgan fingerprint density at radius 2 is 2.08 bits per heavy atom. The van der Waals surface area contributed by atoms with Crippen LogP contribution in [0, 0.1) is 5.92 Å². The molecule has 128 valence electrons. The van der Waals surface area contributed by atoms with Crippen molar-refractivity contribution in [3.05, 3.63) is 30.5 Å². The Balaban J connectivity index is 1.61. The summed E-state index contributed by atoms with van der Waals surface area (Å²) in [6, 6.07) is 7.69. The summed E-state index contributed by atoms with van der Waals surface area (Å²) >= 11 is 0. The first kappa shape index (κ1) is 16.4. The normalized spacial score (nSPS) is 20.5. The molecule has 1 amide bonds. The molecular formula is C18H22N2O4. The molecular weight excluding hydrogens is 308 g/mol. The largest absolute Gasteiger partial charge is 0.497 e. The smallest absolute Gasteiger partial charge is 0.404 e. The van der Waals surface area contributed by atoms with E-state index in [1.54, 1.807) is 13.3 Å². The van der Waals surface area contributed by atoms with Gasteiger partial charge in [0, 0.05) is 17.6 Å². The number of methoxy groups -OCH3 is 1. The lowest BCUT2D eigenvalue weighted by molar-refractivity contribution is 0.170. The maximum absolute atomic E-state index is 10.7. The van der Waals surface area contributed by atoms with Gasteiger partial charge < -0.3 is 19.9 Å². The van der Waals surface area contributed by atoms with E-state index in [0.29, 0.717) is 12.5 Å². The zero-order valence-corrected chi connectivity index (χ0v) is 13.7. The van der Waals surface area contributed by atoms with E-state index in [0.717, 1.165) is 48.1 Å². The first-order valence-electron chi connectivity index (χ1n) is 8.20. The highest BCUT2D eigenvalue weighted by molar-refractivity contribution is 5.86. The summed E-state index contributed by atoms with van der Waals surface area (Å²) in [6.07, 6.45) is 4.48. The number of nitrogens with zero attached hydrogens (tertiary/aromatic N) is 1. The van der Waals surface area contributed by atoms with Gasteiger partial charge >= 0.3 is 6.09 Å². The Bertz CT molecular complexity index is 711. The molecule has 6 nitrogen and oxygen atoms in total. The number of amides is 1. The number of carboxylic acid groups (broad SMARTS) is 1. The lowest BCUT2D eigenvalue weighted by atomic mass is 9.86. The number of rotatable bonds is 5. The summed E-state index contributed by atoms with van der Waals surface area (Å²) in [5.74, 6) is 2.04. The molecule has 0 spiro atoms. The second-order valence-corrected chi connectivity index (χ2v) is 6.17. The molecule has 1 aliphatic rings. The molecule has 1 aromatic heterocycles. The van der Waals surface area contributed by atoms with E-state index >= 15 is 0 Å². The number of carbonyl (C=O) groups is 1. The summed E-state index contributed by atoms with van der Waals surface area (Å²) in [5.41, 5.74) is 0.877. The Labute approximate surface area is 140 Å². The maximum atomic E-state index is 10.7. The fraction of sp³-hybridized carbons (Fsp3) is 0.444. The highest BCUT2D eigenvalue weighted by Gasteiger charge is 2.22. The molecule has 6 heteroatoms. The van der Waals surface area contributed by atoms with E-state index in [4.69, 9.17) is 14.6 Å². The van der Waals surface area contributed by atoms with Crippen molar-refractivity contribution in [1.82, 2.24) is 10.3 Å². The van der Waals surface area contributed by atoms with Gasteiger partial charge in [-0.1, -0.05) is 0 Å². The van der Waals surface area contributed by atoms with Crippen LogP contribution in [0.3, 0.4) is 0 Å². The number of pyridine rings is 1. The van der Waals surface area contributed by atoms with Crippen LogP contribution in [0.4, 0.5) is 4.79 Å². The molecule has 1 fully saturated rings. The summed E-state index contributed by atoms with van der Waals surface area (Å²) in [4.78, 5) is 15.0. The topological polar surface area (TPSA) is 80.7 Å². The number of benzene rings is 1. The Hall–Kier alpha value is -2.50. The number of ether oxygens (including phenoxy) is 2. The highest BCUT2D eigenvalue weighted by atomic mass is 16.5. The molecule has 1 heterocycles. The molecule has 2 aromatic rings. The summed E-state index contributed by atoms with van der Waals surface area (Å²) in [5, 5.41) is 12.3. The molecule has 0 bridgehead atoms. The zero-order chi connectivity index (χ0) is 16.9. The van der Waals surface area contributed by atoms with Crippen LogP contribution in [0.1, 0.15) is 25.7 Å². The molecule has 0 radical (unpaired) electrons. The Morgan fingerprint density at radius 3 is 2.79 bits per heavy atom. The highest BCUT2D eigenvalue weighted by Crippen LogP contribution is 2.30. The molecule has 0 atom stereocenters. The predicted octanol–water partition coefficient (Wildman–Crippen LogP) is 3.45. The number of hydrogen-bond donors (Lipinski definition) is 2. The number of nitrogens with one attached hydrogen (secondary N) is 1. The molecule has 1 aliphatic carbocycles. The van der Waals surface area contributed by atoms with Gasteiger partial charge in [-0.2, -0.15) is 0 Å². The summed E-state index contributed by atoms with van der Waals surface area (Å²) in [7, 11) is 1.64. The van der Waals surface area contributed by atoms with Gasteiger partial charge in [-0.15, -0.1) is 0 Å². The summed E-state index contributed by atoms with van der Waals surface area (Å²) < 4.78 is 11.3. The van der Waals surface area contributed by atoms with Crippen molar-refractivity contribution in [1.29, 1.82) is 0 Å². The molecule has 0 unspecified atom stereocenters. The predicted molar refractivity (Wildman–Crippen MR) is 90.7 cm³/mol. The van der Waals surface area contributed by atoms with Crippen molar-refractivity contribution in [3.8, 4) is 11.5 Å². The van der Waals surface area contributed by atoms with Crippen LogP contribution < -0.4 is 14.8 Å². The van der Waals surface area contributed by atoms with Gasteiger partial charge in [0.25, 0.3) is 0 Å². The van der Waals surface area contributed by atoms with E-state index in [9.17, 15) is 4.79 Å². The third kappa shape index (κ3) is 3.88. The fourth-order valence-corrected chi connectivity index (χ4v) is 3.21. The molecule has 0 saturated heterocycles. The zero-order valence-electron chi connectivity index (χ0n) is 13.7. The number of fused-ring (bicyclic) bond motifs is 1. The average molecular weight is 330 g/mol. The van der Waals surface area contributed by atoms with Gasteiger partial charge in [0.1, 0.15) is 11.5 Å². The van der Waals surface area contributed by atoms with Crippen LogP contribution >= 0.6 is 0 Å². The standard InChI is InChI=1S/C18H22N2O4/c1-23-14-6-7-16-15(10-14)17(8-9-19-16)24-11-12-2-4-13(5-3-12)20-18(21)22/h6-10,12-13,20H,2-5,11H2,1H3,(H,21,22). The molecule has 3 rings (SSSR count). The van der Waals surface area contributed by atoms with Gasteiger partial charge in [0.05, 0.1) is 19.2 Å². The van der Waals surface area contributed by atoms with Crippen molar-refractivity contribution in [2.75, 3.05) is 13.7 Å². The van der Waals surface area contributed by atoms with E-state index in [1.165, 1.54) is 0 Å². The minimum absolute atomic E-state index is 0.0739. The van der Waals surface area contributed by atoms with Gasteiger partial charge in [0.15, 0.2) is 0 Å². The molecule has 0 aliphatic heterocycles. The van der Waals surface area contributed by atoms with Crippen LogP contribution in [0.2, 0.25) is 0 Å². The van der Waals surface area contributed by atoms with Crippen molar-refractivity contribution < 1.29 is 19.4 Å². The van der Waals surface area contributed by atoms with Crippen molar-refractivity contribution in [2.24, 2.45) is 5.92 Å². The van der Waals surface area contributed by atoms with Gasteiger partial charge in [-0.3, -0.25) is 4.98 Å². The molecule has 2 N–H and O–H groups in total. The maximum Gasteiger partial charge on any atom is 0.404 e. The van der Waals surface area contributed by atoms with Crippen LogP contribution in [0.25, 0.3) is 10.9 Å². The number of hydrogen-bond acceptors (Lipinski definition) is 4. The second-order valence-electron chi connectivity index (χ2n) is 6.17. The van der Waals surface area contributed by atoms with Gasteiger partial charge in [-0.25, -0.2) is 4.79 Å². The van der Waals surface area contributed by atoms with Crippen LogP contribution in [0.15, 0.2) is 30.5 Å². The minimum atomic E-state index is -0.938. The molecule has 1 aromatic carbocycles. The van der Waals surface area contributed by atoms with Crippen LogP contribution in [-0.4, -0.2) is 35.9 Å². The first-order valence-corrected chi connectivity index (χ1v) is 8.20. The van der Waals surface area contributed by atoms with E-state index in [2.05, 4.69) is 10.3 Å². The van der Waals surface area contributed by atoms with Crippen molar-refractivity contribution >= 4 is 17.0 Å². The summed E-state index contributed by atoms with van der Waals surface area (Å²) in [6.45, 7) is 0.635.